The van der Waals surface area contributed by atoms with Gasteiger partial charge in [0.25, 0.3) is 0 Å². The maximum absolute atomic E-state index is 14.8. The van der Waals surface area contributed by atoms with Crippen LogP contribution in [0.5, 0.6) is 0 Å². The first-order chi connectivity index (χ1) is 13.1. The number of rotatable bonds is 6. The number of benzene rings is 2. The highest BCUT2D eigenvalue weighted by atomic mass is 19.2. The lowest BCUT2D eigenvalue weighted by atomic mass is 9.80. The molecule has 0 saturated heterocycles. The van der Waals surface area contributed by atoms with Gasteiger partial charge in [0.15, 0.2) is 5.83 Å². The summed E-state index contributed by atoms with van der Waals surface area (Å²) in [4.78, 5) is 0. The van der Waals surface area contributed by atoms with E-state index in [0.717, 1.165) is 55.7 Å². The highest BCUT2D eigenvalue weighted by Gasteiger charge is 2.26. The second-order valence-electron chi connectivity index (χ2n) is 7.79. The van der Waals surface area contributed by atoms with Gasteiger partial charge in [0.2, 0.25) is 0 Å². The summed E-state index contributed by atoms with van der Waals surface area (Å²) in [6.45, 7) is 4.21. The van der Waals surface area contributed by atoms with Crippen molar-refractivity contribution in [1.29, 1.82) is 0 Å². The monoisotopic (exact) mass is 368 g/mol. The molecule has 1 fully saturated rings. The van der Waals surface area contributed by atoms with Gasteiger partial charge in [-0.1, -0.05) is 55.8 Å². The Balaban J connectivity index is 1.78. The van der Waals surface area contributed by atoms with E-state index in [1.165, 1.54) is 5.56 Å². The quantitative estimate of drug-likeness (QED) is 0.451. The van der Waals surface area contributed by atoms with Crippen molar-refractivity contribution in [3.63, 3.8) is 0 Å². The van der Waals surface area contributed by atoms with Crippen LogP contribution in [0.1, 0.15) is 63.5 Å². The third-order valence-corrected chi connectivity index (χ3v) is 5.99. The van der Waals surface area contributed by atoms with E-state index in [1.807, 2.05) is 19.1 Å². The predicted molar refractivity (Wildman–Crippen MR) is 112 cm³/mol. The second-order valence-corrected chi connectivity index (χ2v) is 7.79. The fourth-order valence-electron chi connectivity index (χ4n) is 4.15. The number of aryl methyl sites for hydroxylation is 1. The maximum atomic E-state index is 14.8. The lowest BCUT2D eigenvalue weighted by Crippen LogP contribution is -2.14. The molecule has 0 aliphatic heterocycles. The molecule has 2 aromatic carbocycles. The topological polar surface area (TPSA) is 0 Å². The van der Waals surface area contributed by atoms with Crippen LogP contribution in [0.2, 0.25) is 0 Å². The number of hydrogen-bond acceptors (Lipinski definition) is 0. The lowest BCUT2D eigenvalue weighted by Gasteiger charge is -2.26. The summed E-state index contributed by atoms with van der Waals surface area (Å²) >= 11 is 0. The molecule has 0 bridgehead atoms. The molecule has 144 valence electrons. The minimum Gasteiger partial charge on any atom is -0.208 e. The lowest BCUT2D eigenvalue weighted by molar-refractivity contribution is 0.268. The summed E-state index contributed by atoms with van der Waals surface area (Å²) in [6, 6.07) is 11.6. The normalized spacial score (nSPS) is 21.6. The van der Waals surface area contributed by atoms with Gasteiger partial charge in [-0.2, -0.15) is 0 Å². The van der Waals surface area contributed by atoms with Gasteiger partial charge >= 0.3 is 0 Å². The molecule has 2 heteroatoms. The minimum absolute atomic E-state index is 0.252. The van der Waals surface area contributed by atoms with Crippen molar-refractivity contribution < 1.29 is 8.78 Å². The van der Waals surface area contributed by atoms with Crippen molar-refractivity contribution in [2.24, 2.45) is 11.8 Å². The van der Waals surface area contributed by atoms with E-state index in [4.69, 9.17) is 0 Å². The maximum Gasteiger partial charge on any atom is 0.162 e. The second kappa shape index (κ2) is 9.30. The SMILES string of the molecule is C/C=C/CCc1ccc2cc(C(F)=C(F)C3CCC(CC)CC3)ccc2c1. The van der Waals surface area contributed by atoms with Crippen molar-refractivity contribution in [2.75, 3.05) is 0 Å². The van der Waals surface area contributed by atoms with E-state index in [0.29, 0.717) is 11.5 Å². The zero-order valence-corrected chi connectivity index (χ0v) is 16.5. The number of fused-ring (bicyclic) bond motifs is 1. The van der Waals surface area contributed by atoms with Crippen LogP contribution >= 0.6 is 0 Å². The largest absolute Gasteiger partial charge is 0.208 e. The van der Waals surface area contributed by atoms with Crippen molar-refractivity contribution in [1.82, 2.24) is 0 Å². The molecule has 0 nitrogen and oxygen atoms in total. The van der Waals surface area contributed by atoms with Crippen LogP contribution in [-0.4, -0.2) is 0 Å². The van der Waals surface area contributed by atoms with Crippen LogP contribution < -0.4 is 0 Å². The van der Waals surface area contributed by atoms with Gasteiger partial charge < -0.3 is 0 Å². The molecule has 0 heterocycles. The van der Waals surface area contributed by atoms with Gasteiger partial charge in [-0.3, -0.25) is 0 Å². The van der Waals surface area contributed by atoms with Crippen molar-refractivity contribution in [3.8, 4) is 0 Å². The van der Waals surface area contributed by atoms with Crippen molar-refractivity contribution in [2.45, 2.75) is 58.8 Å². The average molecular weight is 369 g/mol. The standard InChI is InChI=1S/C25H30F2/c1-3-5-6-7-19-10-13-22-17-23(15-14-21(22)16-19)25(27)24(26)20-11-8-18(4-2)9-12-20/h3,5,10,13-18,20H,4,6-9,11-12H2,1-2H3/b5-3+,25-24?. The minimum atomic E-state index is -0.672. The Labute approximate surface area is 162 Å². The van der Waals surface area contributed by atoms with Gasteiger partial charge in [0.1, 0.15) is 5.83 Å². The van der Waals surface area contributed by atoms with Crippen LogP contribution in [0.4, 0.5) is 8.78 Å². The molecule has 1 aliphatic carbocycles. The highest BCUT2D eigenvalue weighted by molar-refractivity contribution is 5.86. The summed E-state index contributed by atoms with van der Waals surface area (Å²) in [5.41, 5.74) is 1.63. The molecule has 27 heavy (non-hydrogen) atoms. The Bertz CT molecular complexity index is 823. The molecule has 0 aromatic heterocycles. The van der Waals surface area contributed by atoms with Crippen LogP contribution in [0.25, 0.3) is 16.6 Å². The van der Waals surface area contributed by atoms with Crippen LogP contribution in [0.3, 0.4) is 0 Å². The van der Waals surface area contributed by atoms with E-state index in [2.05, 4.69) is 31.2 Å². The first-order valence-electron chi connectivity index (χ1n) is 10.3. The van der Waals surface area contributed by atoms with Gasteiger partial charge in [-0.15, -0.1) is 0 Å². The number of halogens is 2. The van der Waals surface area contributed by atoms with E-state index in [-0.39, 0.29) is 5.92 Å². The van der Waals surface area contributed by atoms with E-state index in [1.54, 1.807) is 12.1 Å². The van der Waals surface area contributed by atoms with Crippen LogP contribution in [-0.2, 0) is 6.42 Å². The fraction of sp³-hybridized carbons (Fsp3) is 0.440. The summed E-state index contributed by atoms with van der Waals surface area (Å²) in [6.07, 6.45) is 10.9. The molecule has 0 unspecified atom stereocenters. The average Bonchev–Trinajstić information content (AvgIpc) is 2.72. The smallest absolute Gasteiger partial charge is 0.162 e. The van der Waals surface area contributed by atoms with E-state index < -0.39 is 11.7 Å². The van der Waals surface area contributed by atoms with Crippen molar-refractivity contribution >= 4 is 16.6 Å². The zero-order chi connectivity index (χ0) is 19.2. The first-order valence-corrected chi connectivity index (χ1v) is 10.3. The van der Waals surface area contributed by atoms with Gasteiger partial charge in [-0.05, 0) is 73.8 Å². The molecule has 0 N–H and O–H groups in total. The van der Waals surface area contributed by atoms with Crippen molar-refractivity contribution in [3.05, 3.63) is 65.5 Å². The predicted octanol–water partition coefficient (Wildman–Crippen LogP) is 8.17. The molecule has 2 aromatic rings. The van der Waals surface area contributed by atoms with Crippen LogP contribution in [0.15, 0.2) is 54.4 Å². The summed E-state index contributed by atoms with van der Waals surface area (Å²) in [5, 5.41) is 2.04. The highest BCUT2D eigenvalue weighted by Crippen LogP contribution is 2.39. The third kappa shape index (κ3) is 4.86. The number of hydrogen-bond donors (Lipinski definition) is 0. The molecule has 0 atom stereocenters. The van der Waals surface area contributed by atoms with Gasteiger partial charge in [0.05, 0.1) is 0 Å². The summed E-state index contributed by atoms with van der Waals surface area (Å²) in [7, 11) is 0. The molecule has 1 saturated carbocycles. The Morgan fingerprint density at radius 1 is 1.00 bits per heavy atom. The fourth-order valence-corrected chi connectivity index (χ4v) is 4.15. The molecule has 0 radical (unpaired) electrons. The Kier molecular flexibility index (Phi) is 6.82. The molecular formula is C25H30F2. The zero-order valence-electron chi connectivity index (χ0n) is 16.5. The summed E-state index contributed by atoms with van der Waals surface area (Å²) in [5.74, 6) is -0.793. The Hall–Kier alpha value is -1.96. The molecule has 0 amide bonds. The summed E-state index contributed by atoms with van der Waals surface area (Å²) < 4.78 is 29.5. The number of allylic oxidation sites excluding steroid dienone is 3. The molecule has 1 aliphatic rings. The molecule has 0 spiro atoms. The molecule has 3 rings (SSSR count). The first kappa shape index (κ1) is 19.8. The Morgan fingerprint density at radius 2 is 1.70 bits per heavy atom. The van der Waals surface area contributed by atoms with Gasteiger partial charge in [0, 0.05) is 11.5 Å². The Morgan fingerprint density at radius 3 is 2.41 bits per heavy atom. The van der Waals surface area contributed by atoms with E-state index in [9.17, 15) is 8.78 Å². The van der Waals surface area contributed by atoms with Gasteiger partial charge in [-0.25, -0.2) is 8.78 Å². The van der Waals surface area contributed by atoms with E-state index >= 15 is 0 Å². The van der Waals surface area contributed by atoms with Crippen LogP contribution in [0, 0.1) is 11.8 Å². The third-order valence-electron chi connectivity index (χ3n) is 5.99. The molecular weight excluding hydrogens is 338 g/mol.